The van der Waals surface area contributed by atoms with Gasteiger partial charge < -0.3 is 10.6 Å². The molecule has 10 heteroatoms. The van der Waals surface area contributed by atoms with E-state index < -0.39 is 17.2 Å². The standard InChI is InChI=1S/C29H31ClF2N6O/c1-5-8-35-24(22-6-9-36-27(26(22)32)37-16-29(4,33)17-37)7-10-38-19(3)12-23(25(30)28(38)39)18(2)11-20-13-21(31)15-34-14-20/h5-10,12-15,18H,11,16-17,33H2,1-4H3/b8-5+,10-7+,35-24-. The molecule has 1 aliphatic heterocycles. The number of nitrogens with zero attached hydrogens (tertiary/aromatic N) is 5. The predicted octanol–water partition coefficient (Wildman–Crippen LogP) is 5.26. The number of aliphatic imine (C=N–C) groups is 1. The van der Waals surface area contributed by atoms with Crippen molar-refractivity contribution in [2.45, 2.75) is 45.6 Å². The molecule has 0 saturated carbocycles. The molecule has 1 unspecified atom stereocenters. The highest BCUT2D eigenvalue weighted by atomic mass is 35.5. The van der Waals surface area contributed by atoms with Crippen molar-refractivity contribution in [3.63, 3.8) is 0 Å². The van der Waals surface area contributed by atoms with Gasteiger partial charge in [-0.05, 0) is 68.5 Å². The van der Waals surface area contributed by atoms with E-state index in [0.29, 0.717) is 42.0 Å². The number of aromatic nitrogens is 3. The molecular weight excluding hydrogens is 522 g/mol. The summed E-state index contributed by atoms with van der Waals surface area (Å²) in [6.07, 6.45) is 11.1. The third kappa shape index (κ3) is 6.32. The van der Waals surface area contributed by atoms with Crippen LogP contribution in [0.5, 0.6) is 0 Å². The topological polar surface area (TPSA) is 89.4 Å². The number of aryl methyl sites for hydroxylation is 1. The van der Waals surface area contributed by atoms with Gasteiger partial charge in [0.15, 0.2) is 11.6 Å². The van der Waals surface area contributed by atoms with Crippen molar-refractivity contribution in [3.05, 3.63) is 105 Å². The molecule has 1 saturated heterocycles. The molecule has 0 aromatic carbocycles. The van der Waals surface area contributed by atoms with Gasteiger partial charge in [-0.3, -0.25) is 19.3 Å². The van der Waals surface area contributed by atoms with Gasteiger partial charge in [-0.25, -0.2) is 13.8 Å². The van der Waals surface area contributed by atoms with Crippen LogP contribution in [-0.4, -0.2) is 38.9 Å². The Balaban J connectivity index is 1.65. The van der Waals surface area contributed by atoms with Crippen LogP contribution >= 0.6 is 11.6 Å². The summed E-state index contributed by atoms with van der Waals surface area (Å²) in [5.74, 6) is -0.878. The van der Waals surface area contributed by atoms with Crippen LogP contribution in [0.25, 0.3) is 6.20 Å². The van der Waals surface area contributed by atoms with Crippen molar-refractivity contribution in [3.8, 4) is 0 Å². The van der Waals surface area contributed by atoms with Gasteiger partial charge in [0.05, 0.1) is 11.9 Å². The maximum atomic E-state index is 15.6. The zero-order valence-electron chi connectivity index (χ0n) is 22.3. The quantitative estimate of drug-likeness (QED) is 0.385. The molecule has 7 nitrogen and oxygen atoms in total. The predicted molar refractivity (Wildman–Crippen MR) is 152 cm³/mol. The van der Waals surface area contributed by atoms with Crippen LogP contribution in [0.2, 0.25) is 5.02 Å². The fraction of sp³-hybridized carbons (Fsp3) is 0.310. The van der Waals surface area contributed by atoms with Gasteiger partial charge in [0.2, 0.25) is 0 Å². The van der Waals surface area contributed by atoms with E-state index in [2.05, 4.69) is 15.0 Å². The molecule has 204 valence electrons. The first-order chi connectivity index (χ1) is 18.5. The number of nitrogens with two attached hydrogens (primary N) is 1. The molecule has 0 spiro atoms. The smallest absolute Gasteiger partial charge is 0.273 e. The van der Waals surface area contributed by atoms with Crippen molar-refractivity contribution < 1.29 is 8.78 Å². The van der Waals surface area contributed by atoms with E-state index in [0.717, 1.165) is 6.20 Å². The minimum atomic E-state index is -0.515. The lowest BCUT2D eigenvalue weighted by Crippen LogP contribution is -2.66. The molecule has 3 aromatic rings. The second kappa shape index (κ2) is 11.6. The van der Waals surface area contributed by atoms with Gasteiger partial charge in [0.25, 0.3) is 5.56 Å². The second-order valence-electron chi connectivity index (χ2n) is 10.2. The molecule has 1 aliphatic rings. The summed E-state index contributed by atoms with van der Waals surface area (Å²) in [5.41, 5.74) is 7.83. The van der Waals surface area contributed by atoms with Gasteiger partial charge in [0.1, 0.15) is 10.8 Å². The highest BCUT2D eigenvalue weighted by Crippen LogP contribution is 2.29. The number of hydrogen-bond acceptors (Lipinski definition) is 6. The van der Waals surface area contributed by atoms with E-state index in [-0.39, 0.29) is 27.9 Å². The third-order valence-corrected chi connectivity index (χ3v) is 6.91. The molecule has 0 aliphatic carbocycles. The summed E-state index contributed by atoms with van der Waals surface area (Å²) < 4.78 is 30.5. The summed E-state index contributed by atoms with van der Waals surface area (Å²) in [5, 5.41) is 0.0639. The Hall–Kier alpha value is -3.69. The number of hydrogen-bond donors (Lipinski definition) is 1. The molecule has 2 N–H and O–H groups in total. The normalized spacial score (nSPS) is 16.2. The highest BCUT2D eigenvalue weighted by molar-refractivity contribution is 6.31. The molecule has 0 radical (unpaired) electrons. The van der Waals surface area contributed by atoms with E-state index in [4.69, 9.17) is 17.3 Å². The average molecular weight is 553 g/mol. The fourth-order valence-corrected chi connectivity index (χ4v) is 4.98. The van der Waals surface area contributed by atoms with E-state index >= 15 is 4.39 Å². The van der Waals surface area contributed by atoms with Crippen LogP contribution in [0.3, 0.4) is 0 Å². The molecule has 4 heterocycles. The summed E-state index contributed by atoms with van der Waals surface area (Å²) in [7, 11) is 0. The lowest BCUT2D eigenvalue weighted by Gasteiger charge is -2.46. The first-order valence-corrected chi connectivity index (χ1v) is 13.0. The van der Waals surface area contributed by atoms with Gasteiger partial charge in [-0.1, -0.05) is 24.6 Å². The van der Waals surface area contributed by atoms with Crippen molar-refractivity contribution >= 4 is 29.3 Å². The second-order valence-corrected chi connectivity index (χ2v) is 10.5. The first-order valence-electron chi connectivity index (χ1n) is 12.6. The van der Waals surface area contributed by atoms with Gasteiger partial charge in [-0.2, -0.15) is 0 Å². The Morgan fingerprint density at radius 3 is 2.72 bits per heavy atom. The Labute approximate surface area is 231 Å². The molecule has 0 bridgehead atoms. The molecule has 3 aromatic heterocycles. The Morgan fingerprint density at radius 2 is 2.05 bits per heavy atom. The highest BCUT2D eigenvalue weighted by Gasteiger charge is 2.37. The van der Waals surface area contributed by atoms with Crippen molar-refractivity contribution in [1.82, 2.24) is 14.5 Å². The molecule has 0 amide bonds. The maximum absolute atomic E-state index is 15.6. The molecule has 1 fully saturated rings. The summed E-state index contributed by atoms with van der Waals surface area (Å²) in [6, 6.07) is 4.79. The number of pyridine rings is 3. The van der Waals surface area contributed by atoms with Crippen molar-refractivity contribution in [2.24, 2.45) is 10.7 Å². The zero-order valence-corrected chi connectivity index (χ0v) is 23.1. The maximum Gasteiger partial charge on any atom is 0.273 e. The monoisotopic (exact) mass is 552 g/mol. The summed E-state index contributed by atoms with van der Waals surface area (Å²) in [6.45, 7) is 8.39. The molecular formula is C29H31ClF2N6O. The number of anilines is 1. The van der Waals surface area contributed by atoms with Crippen molar-refractivity contribution in [1.29, 1.82) is 0 Å². The van der Waals surface area contributed by atoms with Crippen LogP contribution in [-0.2, 0) is 6.42 Å². The lowest BCUT2D eigenvalue weighted by atomic mass is 9.93. The van der Waals surface area contributed by atoms with Gasteiger partial charge in [-0.15, -0.1) is 0 Å². The van der Waals surface area contributed by atoms with E-state index in [1.54, 1.807) is 49.4 Å². The minimum absolute atomic E-state index is 0.0639. The van der Waals surface area contributed by atoms with Crippen LogP contribution in [0.1, 0.15) is 49.1 Å². The zero-order chi connectivity index (χ0) is 28.3. The van der Waals surface area contributed by atoms with Crippen LogP contribution < -0.4 is 16.2 Å². The van der Waals surface area contributed by atoms with Crippen LogP contribution in [0, 0.1) is 18.6 Å². The van der Waals surface area contributed by atoms with Crippen LogP contribution in [0.4, 0.5) is 14.6 Å². The number of rotatable bonds is 8. The minimum Gasteiger partial charge on any atom is -0.350 e. The lowest BCUT2D eigenvalue weighted by molar-refractivity contribution is 0.358. The van der Waals surface area contributed by atoms with E-state index in [9.17, 15) is 9.18 Å². The summed E-state index contributed by atoms with van der Waals surface area (Å²) in [4.78, 5) is 27.5. The van der Waals surface area contributed by atoms with Crippen LogP contribution in [0.15, 0.2) is 64.9 Å². The van der Waals surface area contributed by atoms with Gasteiger partial charge in [0, 0.05) is 54.7 Å². The SMILES string of the molecule is C/C=C/N=C(/C=C/n1c(C)cc(C(C)Cc2cncc(F)c2)c(Cl)c1=O)c1ccnc(N2CC(C)(N)C2)c1F. The van der Waals surface area contributed by atoms with Gasteiger partial charge >= 0.3 is 0 Å². The Bertz CT molecular complexity index is 1520. The molecule has 1 atom stereocenters. The largest absolute Gasteiger partial charge is 0.350 e. The van der Waals surface area contributed by atoms with E-state index in [1.165, 1.54) is 23.0 Å². The average Bonchev–Trinajstić information content (AvgIpc) is 2.87. The first kappa shape index (κ1) is 28.3. The fourth-order valence-electron chi connectivity index (χ4n) is 4.65. The Morgan fingerprint density at radius 1 is 1.31 bits per heavy atom. The number of halogens is 3. The Kier molecular flexibility index (Phi) is 8.42. The van der Waals surface area contributed by atoms with E-state index in [1.807, 2.05) is 19.9 Å². The number of allylic oxidation sites excluding steroid dienone is 2. The molecule has 39 heavy (non-hydrogen) atoms. The summed E-state index contributed by atoms with van der Waals surface area (Å²) >= 11 is 6.52. The van der Waals surface area contributed by atoms with Crippen molar-refractivity contribution in [2.75, 3.05) is 18.0 Å². The molecule has 4 rings (SSSR count). The third-order valence-electron chi connectivity index (χ3n) is 6.53.